The van der Waals surface area contributed by atoms with Crippen molar-refractivity contribution in [2.75, 3.05) is 13.1 Å². The summed E-state index contributed by atoms with van der Waals surface area (Å²) in [6, 6.07) is 11.8. The summed E-state index contributed by atoms with van der Waals surface area (Å²) in [6.07, 6.45) is 2.17. The van der Waals surface area contributed by atoms with Gasteiger partial charge in [-0.15, -0.1) is 11.3 Å². The number of rotatable bonds is 2. The number of carbonyl (C=O) groups excluding carboxylic acids is 1. The SMILES string of the molecule is Cc1ccc2nc(-c3ccc(Cl)s3)cc(C(=O)N3CCCC3)c2c1. The molecule has 3 nitrogen and oxygen atoms in total. The number of pyridine rings is 1. The molecule has 1 aliphatic heterocycles. The number of aromatic nitrogens is 1. The summed E-state index contributed by atoms with van der Waals surface area (Å²) in [6.45, 7) is 3.72. The topological polar surface area (TPSA) is 33.2 Å². The molecule has 1 fully saturated rings. The molecule has 0 spiro atoms. The van der Waals surface area contributed by atoms with Gasteiger partial charge in [0.2, 0.25) is 0 Å². The minimum Gasteiger partial charge on any atom is -0.339 e. The second kappa shape index (κ2) is 6.19. The third-order valence-corrected chi connectivity index (χ3v) is 5.67. The molecule has 2 aromatic heterocycles. The Balaban J connectivity index is 1.91. The smallest absolute Gasteiger partial charge is 0.254 e. The van der Waals surface area contributed by atoms with Crippen LogP contribution in [0.5, 0.6) is 0 Å². The van der Waals surface area contributed by atoms with Gasteiger partial charge in [0, 0.05) is 18.5 Å². The van der Waals surface area contributed by atoms with Crippen molar-refractivity contribution in [2.45, 2.75) is 19.8 Å². The van der Waals surface area contributed by atoms with Crippen LogP contribution >= 0.6 is 22.9 Å². The third kappa shape index (κ3) is 2.80. The van der Waals surface area contributed by atoms with Gasteiger partial charge in [-0.3, -0.25) is 4.79 Å². The molecule has 1 aliphatic rings. The van der Waals surface area contributed by atoms with Crippen molar-refractivity contribution in [3.05, 3.63) is 51.9 Å². The highest BCUT2D eigenvalue weighted by Crippen LogP contribution is 2.33. The zero-order chi connectivity index (χ0) is 16.7. The van der Waals surface area contributed by atoms with Crippen molar-refractivity contribution in [1.29, 1.82) is 0 Å². The molecule has 0 radical (unpaired) electrons. The van der Waals surface area contributed by atoms with Gasteiger partial charge in [0.05, 0.1) is 26.0 Å². The first-order valence-corrected chi connectivity index (χ1v) is 9.28. The number of nitrogens with zero attached hydrogens (tertiary/aromatic N) is 2. The van der Waals surface area contributed by atoms with Crippen LogP contribution in [-0.4, -0.2) is 28.9 Å². The molecule has 0 N–H and O–H groups in total. The predicted molar refractivity (Wildman–Crippen MR) is 99.9 cm³/mol. The predicted octanol–water partition coefficient (Wildman–Crippen LogP) is 5.16. The van der Waals surface area contributed by atoms with Gasteiger partial charge in [-0.1, -0.05) is 23.2 Å². The van der Waals surface area contributed by atoms with E-state index < -0.39 is 0 Å². The fraction of sp³-hybridized carbons (Fsp3) is 0.263. The number of hydrogen-bond acceptors (Lipinski definition) is 3. The van der Waals surface area contributed by atoms with Crippen LogP contribution < -0.4 is 0 Å². The van der Waals surface area contributed by atoms with Crippen LogP contribution in [0.3, 0.4) is 0 Å². The fourth-order valence-corrected chi connectivity index (χ4v) is 4.19. The maximum absolute atomic E-state index is 13.0. The van der Waals surface area contributed by atoms with E-state index in [0.717, 1.165) is 62.9 Å². The molecule has 0 saturated carbocycles. The van der Waals surface area contributed by atoms with E-state index in [-0.39, 0.29) is 5.91 Å². The summed E-state index contributed by atoms with van der Waals surface area (Å²) in [5, 5.41) is 0.929. The molecule has 0 aliphatic carbocycles. The maximum atomic E-state index is 13.0. The van der Waals surface area contributed by atoms with Gasteiger partial charge in [0.1, 0.15) is 0 Å². The number of likely N-dealkylation sites (tertiary alicyclic amines) is 1. The van der Waals surface area contributed by atoms with Crippen LogP contribution in [0, 0.1) is 6.92 Å². The fourth-order valence-electron chi connectivity index (χ4n) is 3.19. The second-order valence-corrected chi connectivity index (χ2v) is 7.89. The summed E-state index contributed by atoms with van der Waals surface area (Å²) in [7, 11) is 0. The largest absolute Gasteiger partial charge is 0.339 e. The van der Waals surface area contributed by atoms with Crippen LogP contribution in [0.1, 0.15) is 28.8 Å². The Morgan fingerprint density at radius 1 is 1.17 bits per heavy atom. The molecule has 1 amide bonds. The van der Waals surface area contributed by atoms with Crippen LogP contribution in [-0.2, 0) is 0 Å². The lowest BCUT2D eigenvalue weighted by Crippen LogP contribution is -2.27. The summed E-state index contributed by atoms with van der Waals surface area (Å²) in [5.74, 6) is 0.106. The Hall–Kier alpha value is -1.91. The molecular formula is C19H17ClN2OS. The molecule has 0 bridgehead atoms. The molecule has 3 aromatic rings. The van der Waals surface area contributed by atoms with E-state index in [4.69, 9.17) is 16.6 Å². The first kappa shape index (κ1) is 15.6. The van der Waals surface area contributed by atoms with E-state index in [0.29, 0.717) is 0 Å². The number of halogens is 1. The van der Waals surface area contributed by atoms with Gasteiger partial charge >= 0.3 is 0 Å². The van der Waals surface area contributed by atoms with Crippen LogP contribution in [0.2, 0.25) is 4.34 Å². The van der Waals surface area contributed by atoms with Crippen LogP contribution in [0.25, 0.3) is 21.5 Å². The molecule has 24 heavy (non-hydrogen) atoms. The van der Waals surface area contributed by atoms with E-state index in [1.54, 1.807) is 0 Å². The summed E-state index contributed by atoms with van der Waals surface area (Å²) in [4.78, 5) is 20.7. The Labute approximate surface area is 149 Å². The van der Waals surface area contributed by atoms with E-state index >= 15 is 0 Å². The molecule has 122 valence electrons. The molecule has 1 aromatic carbocycles. The minimum absolute atomic E-state index is 0.106. The van der Waals surface area contributed by atoms with Crippen molar-refractivity contribution < 1.29 is 4.79 Å². The number of carbonyl (C=O) groups is 1. The molecule has 5 heteroatoms. The average Bonchev–Trinajstić information content (AvgIpc) is 3.25. The van der Waals surface area contributed by atoms with E-state index in [1.807, 2.05) is 42.2 Å². The number of hydrogen-bond donors (Lipinski definition) is 0. The van der Waals surface area contributed by atoms with Crippen molar-refractivity contribution in [2.24, 2.45) is 0 Å². The lowest BCUT2D eigenvalue weighted by atomic mass is 10.0. The Morgan fingerprint density at radius 2 is 1.96 bits per heavy atom. The highest BCUT2D eigenvalue weighted by Gasteiger charge is 2.22. The zero-order valence-electron chi connectivity index (χ0n) is 13.4. The van der Waals surface area contributed by atoms with Gasteiger partial charge in [-0.2, -0.15) is 0 Å². The van der Waals surface area contributed by atoms with E-state index in [1.165, 1.54) is 11.3 Å². The first-order chi connectivity index (χ1) is 11.6. The molecule has 0 atom stereocenters. The van der Waals surface area contributed by atoms with E-state index in [9.17, 15) is 4.79 Å². The number of amides is 1. The van der Waals surface area contributed by atoms with Gasteiger partial charge in [0.15, 0.2) is 0 Å². The molecule has 0 unspecified atom stereocenters. The van der Waals surface area contributed by atoms with Gasteiger partial charge in [-0.25, -0.2) is 4.98 Å². The third-order valence-electron chi connectivity index (χ3n) is 4.41. The first-order valence-electron chi connectivity index (χ1n) is 8.08. The lowest BCUT2D eigenvalue weighted by Gasteiger charge is -2.17. The maximum Gasteiger partial charge on any atom is 0.254 e. The van der Waals surface area contributed by atoms with Crippen molar-refractivity contribution in [3.63, 3.8) is 0 Å². The van der Waals surface area contributed by atoms with Crippen molar-refractivity contribution in [3.8, 4) is 10.6 Å². The highest BCUT2D eigenvalue weighted by molar-refractivity contribution is 7.19. The summed E-state index contributed by atoms with van der Waals surface area (Å²) >= 11 is 7.55. The Kier molecular flexibility index (Phi) is 4.02. The zero-order valence-corrected chi connectivity index (χ0v) is 15.0. The average molecular weight is 357 g/mol. The minimum atomic E-state index is 0.106. The summed E-state index contributed by atoms with van der Waals surface area (Å²) < 4.78 is 0.725. The Bertz CT molecular complexity index is 928. The Morgan fingerprint density at radius 3 is 2.67 bits per heavy atom. The monoisotopic (exact) mass is 356 g/mol. The molecule has 4 rings (SSSR count). The van der Waals surface area contributed by atoms with E-state index in [2.05, 4.69) is 6.07 Å². The number of thiophene rings is 1. The highest BCUT2D eigenvalue weighted by atomic mass is 35.5. The van der Waals surface area contributed by atoms with Crippen LogP contribution in [0.4, 0.5) is 0 Å². The standard InChI is InChI=1S/C19H17ClN2OS/c1-12-4-5-15-13(10-12)14(19(23)22-8-2-3-9-22)11-16(21-15)17-6-7-18(20)24-17/h4-7,10-11H,2-3,8-9H2,1H3. The quantitative estimate of drug-likeness (QED) is 0.635. The normalized spacial score (nSPS) is 14.5. The van der Waals surface area contributed by atoms with Crippen molar-refractivity contribution >= 4 is 39.7 Å². The molecule has 1 saturated heterocycles. The lowest BCUT2D eigenvalue weighted by molar-refractivity contribution is 0.0794. The van der Waals surface area contributed by atoms with Crippen molar-refractivity contribution in [1.82, 2.24) is 9.88 Å². The molecule has 3 heterocycles. The molecular weight excluding hydrogens is 340 g/mol. The van der Waals surface area contributed by atoms with Gasteiger partial charge < -0.3 is 4.90 Å². The number of benzene rings is 1. The summed E-state index contributed by atoms with van der Waals surface area (Å²) in [5.41, 5.74) is 3.53. The number of fused-ring (bicyclic) bond motifs is 1. The van der Waals surface area contributed by atoms with Gasteiger partial charge in [0.25, 0.3) is 5.91 Å². The second-order valence-electron chi connectivity index (χ2n) is 6.18. The van der Waals surface area contributed by atoms with Gasteiger partial charge in [-0.05, 0) is 50.1 Å². The van der Waals surface area contributed by atoms with Crippen LogP contribution in [0.15, 0.2) is 36.4 Å². The number of aryl methyl sites for hydroxylation is 1.